The molecule has 4 rings (SSSR count). The molecule has 0 atom stereocenters. The Balaban J connectivity index is 1.41. The lowest BCUT2D eigenvalue weighted by Crippen LogP contribution is -1.99. The minimum atomic E-state index is 0.294. The molecule has 0 fully saturated rings. The highest BCUT2D eigenvalue weighted by molar-refractivity contribution is 7.98. The van der Waals surface area contributed by atoms with Crippen molar-refractivity contribution in [2.45, 2.75) is 24.4 Å². The first kappa shape index (κ1) is 24.1. The number of aryl methyl sites for hydroxylation is 1. The monoisotopic (exact) mass is 512 g/mol. The minimum Gasteiger partial charge on any atom is -0.493 e. The molecule has 0 amide bonds. The molecule has 0 radical (unpaired) electrons. The van der Waals surface area contributed by atoms with Gasteiger partial charge in [0.05, 0.1) is 13.3 Å². The van der Waals surface area contributed by atoms with Crippen LogP contribution in [0.5, 0.6) is 11.5 Å². The van der Waals surface area contributed by atoms with Gasteiger partial charge in [0.25, 0.3) is 0 Å². The van der Waals surface area contributed by atoms with Crippen molar-refractivity contribution >= 4 is 41.2 Å². The average molecular weight is 513 g/mol. The lowest BCUT2D eigenvalue weighted by molar-refractivity contribution is 0.284. The Hall–Kier alpha value is -3.00. The zero-order valence-electron chi connectivity index (χ0n) is 18.6. The normalized spacial score (nSPS) is 11.2. The van der Waals surface area contributed by atoms with Crippen LogP contribution < -0.4 is 9.47 Å². The molecule has 4 aromatic rings. The van der Waals surface area contributed by atoms with Gasteiger partial charge in [-0.2, -0.15) is 9.78 Å². The van der Waals surface area contributed by atoms with Crippen molar-refractivity contribution in [1.82, 2.24) is 14.9 Å². The first-order valence-corrected chi connectivity index (χ1v) is 12.1. The van der Waals surface area contributed by atoms with Gasteiger partial charge in [0.2, 0.25) is 5.16 Å². The summed E-state index contributed by atoms with van der Waals surface area (Å²) in [5.41, 5.74) is 4.13. The maximum Gasteiger partial charge on any atom is 0.212 e. The number of ether oxygens (including phenoxy) is 2. The zero-order valence-corrected chi connectivity index (χ0v) is 20.9. The van der Waals surface area contributed by atoms with Crippen LogP contribution in [0.2, 0.25) is 10.0 Å². The van der Waals surface area contributed by atoms with Gasteiger partial charge in [0.1, 0.15) is 12.9 Å². The molecule has 0 unspecified atom stereocenters. The summed E-state index contributed by atoms with van der Waals surface area (Å²) in [6.07, 6.45) is 3.31. The zero-order chi connectivity index (χ0) is 23.9. The highest BCUT2D eigenvalue weighted by Gasteiger charge is 2.09. The molecular formula is C25H22Cl2N4O2S. The largest absolute Gasteiger partial charge is 0.493 e. The first-order chi connectivity index (χ1) is 16.5. The van der Waals surface area contributed by atoms with Gasteiger partial charge in [-0.25, -0.2) is 0 Å². The fraction of sp³-hybridized carbons (Fsp3) is 0.160. The molecular weight excluding hydrogens is 491 g/mol. The summed E-state index contributed by atoms with van der Waals surface area (Å²) in [6.45, 7) is 2.37. The molecule has 0 N–H and O–H groups in total. The van der Waals surface area contributed by atoms with E-state index in [0.717, 1.165) is 16.9 Å². The number of aromatic nitrogens is 3. The molecule has 0 aliphatic rings. The predicted molar refractivity (Wildman–Crippen MR) is 138 cm³/mol. The summed E-state index contributed by atoms with van der Waals surface area (Å²) >= 11 is 13.8. The fourth-order valence-corrected chi connectivity index (χ4v) is 4.32. The summed E-state index contributed by atoms with van der Waals surface area (Å²) in [5, 5.41) is 14.5. The molecule has 174 valence electrons. The number of benzene rings is 3. The summed E-state index contributed by atoms with van der Waals surface area (Å²) in [6, 6.07) is 19.3. The van der Waals surface area contributed by atoms with Crippen LogP contribution in [0.4, 0.5) is 0 Å². The fourth-order valence-electron chi connectivity index (χ4n) is 3.03. The molecule has 0 bridgehead atoms. The molecule has 9 heteroatoms. The van der Waals surface area contributed by atoms with E-state index in [-0.39, 0.29) is 0 Å². The third-order valence-electron chi connectivity index (χ3n) is 4.91. The van der Waals surface area contributed by atoms with Crippen LogP contribution in [0.1, 0.15) is 22.3 Å². The van der Waals surface area contributed by atoms with E-state index >= 15 is 0 Å². The number of nitrogens with zero attached hydrogens (tertiary/aromatic N) is 4. The van der Waals surface area contributed by atoms with Gasteiger partial charge < -0.3 is 9.47 Å². The van der Waals surface area contributed by atoms with Crippen LogP contribution in [-0.2, 0) is 12.4 Å². The Morgan fingerprint density at radius 2 is 1.85 bits per heavy atom. The molecule has 0 aliphatic carbocycles. The van der Waals surface area contributed by atoms with Crippen LogP contribution in [0.25, 0.3) is 0 Å². The number of halogens is 2. The van der Waals surface area contributed by atoms with Crippen LogP contribution in [0.15, 0.2) is 77.2 Å². The number of methoxy groups -OCH3 is 1. The lowest BCUT2D eigenvalue weighted by atomic mass is 10.2. The smallest absolute Gasteiger partial charge is 0.212 e. The second-order valence-corrected chi connectivity index (χ2v) is 9.20. The summed E-state index contributed by atoms with van der Waals surface area (Å²) in [5.74, 6) is 1.97. The SMILES string of the molecule is COc1cc(/C=N\n2cnnc2SCc2ccc(C)cc2)ccc1OCc1ccc(Cl)cc1Cl. The van der Waals surface area contributed by atoms with E-state index in [2.05, 4.69) is 46.5 Å². The Morgan fingerprint density at radius 1 is 1.03 bits per heavy atom. The lowest BCUT2D eigenvalue weighted by Gasteiger charge is -2.12. The molecule has 0 spiro atoms. The summed E-state index contributed by atoms with van der Waals surface area (Å²) < 4.78 is 13.1. The van der Waals surface area contributed by atoms with Gasteiger partial charge >= 0.3 is 0 Å². The number of hydrogen-bond donors (Lipinski definition) is 0. The summed E-state index contributed by atoms with van der Waals surface area (Å²) in [4.78, 5) is 0. The molecule has 34 heavy (non-hydrogen) atoms. The van der Waals surface area contributed by atoms with Gasteiger partial charge in [0, 0.05) is 21.4 Å². The molecule has 0 aliphatic heterocycles. The molecule has 1 aromatic heterocycles. The Kier molecular flexibility index (Phi) is 8.11. The standard InChI is InChI=1S/C25H22Cl2N4O2S/c1-17-3-5-18(6-4-17)15-34-25-30-28-16-31(25)29-13-19-7-10-23(24(11-19)32-2)33-14-20-8-9-21(26)12-22(20)27/h3-13,16H,14-15H2,1-2H3/b29-13-. The third kappa shape index (κ3) is 6.32. The second-order valence-electron chi connectivity index (χ2n) is 7.41. The van der Waals surface area contributed by atoms with Crippen LogP contribution in [0, 0.1) is 6.92 Å². The number of hydrogen-bond acceptors (Lipinski definition) is 6. The highest BCUT2D eigenvalue weighted by atomic mass is 35.5. The van der Waals surface area contributed by atoms with Crippen molar-refractivity contribution in [3.8, 4) is 11.5 Å². The van der Waals surface area contributed by atoms with Gasteiger partial charge in [-0.1, -0.05) is 70.9 Å². The highest BCUT2D eigenvalue weighted by Crippen LogP contribution is 2.30. The van der Waals surface area contributed by atoms with E-state index < -0.39 is 0 Å². The molecule has 3 aromatic carbocycles. The first-order valence-electron chi connectivity index (χ1n) is 10.4. The number of rotatable bonds is 9. The van der Waals surface area contributed by atoms with E-state index in [1.165, 1.54) is 11.1 Å². The van der Waals surface area contributed by atoms with E-state index in [1.807, 2.05) is 24.3 Å². The quantitative estimate of drug-likeness (QED) is 0.185. The van der Waals surface area contributed by atoms with Crippen molar-refractivity contribution in [3.63, 3.8) is 0 Å². The van der Waals surface area contributed by atoms with Gasteiger partial charge in [-0.15, -0.1) is 10.2 Å². The Bertz CT molecular complexity index is 1290. The second kappa shape index (κ2) is 11.4. The van der Waals surface area contributed by atoms with Gasteiger partial charge in [0.15, 0.2) is 11.5 Å². The van der Waals surface area contributed by atoms with E-state index in [9.17, 15) is 0 Å². The number of thioether (sulfide) groups is 1. The van der Waals surface area contributed by atoms with Crippen LogP contribution >= 0.6 is 35.0 Å². The Labute approximate surface area is 212 Å². The maximum atomic E-state index is 6.23. The van der Waals surface area contributed by atoms with E-state index in [0.29, 0.717) is 33.3 Å². The van der Waals surface area contributed by atoms with E-state index in [1.54, 1.807) is 48.2 Å². The molecule has 1 heterocycles. The minimum absolute atomic E-state index is 0.294. The third-order valence-corrected chi connectivity index (χ3v) is 6.50. The molecule has 6 nitrogen and oxygen atoms in total. The van der Waals surface area contributed by atoms with Crippen LogP contribution in [0.3, 0.4) is 0 Å². The van der Waals surface area contributed by atoms with Crippen molar-refractivity contribution < 1.29 is 9.47 Å². The van der Waals surface area contributed by atoms with Gasteiger partial charge in [-0.05, 0) is 48.4 Å². The predicted octanol–water partition coefficient (Wildman–Crippen LogP) is 6.66. The van der Waals surface area contributed by atoms with Crippen molar-refractivity contribution in [1.29, 1.82) is 0 Å². The topological polar surface area (TPSA) is 61.5 Å². The van der Waals surface area contributed by atoms with Crippen LogP contribution in [-0.4, -0.2) is 28.2 Å². The van der Waals surface area contributed by atoms with E-state index in [4.69, 9.17) is 32.7 Å². The Morgan fingerprint density at radius 3 is 2.62 bits per heavy atom. The van der Waals surface area contributed by atoms with Crippen molar-refractivity contribution in [2.75, 3.05) is 7.11 Å². The van der Waals surface area contributed by atoms with Crippen molar-refractivity contribution in [3.05, 3.63) is 99.3 Å². The summed E-state index contributed by atoms with van der Waals surface area (Å²) in [7, 11) is 1.60. The average Bonchev–Trinajstić information content (AvgIpc) is 3.29. The van der Waals surface area contributed by atoms with Gasteiger partial charge in [-0.3, -0.25) is 0 Å². The molecule has 0 saturated heterocycles. The van der Waals surface area contributed by atoms with Crippen molar-refractivity contribution in [2.24, 2.45) is 5.10 Å². The molecule has 0 saturated carbocycles. The maximum absolute atomic E-state index is 6.23.